The summed E-state index contributed by atoms with van der Waals surface area (Å²) in [6, 6.07) is 2.03. The monoisotopic (exact) mass is 572 g/mol. The van der Waals surface area contributed by atoms with E-state index < -0.39 is 17.9 Å². The Balaban J connectivity index is 0.00000361. The Morgan fingerprint density at radius 3 is 2.45 bits per heavy atom. The van der Waals surface area contributed by atoms with Crippen molar-refractivity contribution in [2.75, 3.05) is 13.1 Å². The summed E-state index contributed by atoms with van der Waals surface area (Å²) >= 11 is 0. The highest BCUT2D eigenvalue weighted by Gasteiger charge is 2.31. The van der Waals surface area contributed by atoms with Crippen molar-refractivity contribution < 1.29 is 28.5 Å². The van der Waals surface area contributed by atoms with Gasteiger partial charge >= 0.3 is 5.97 Å². The number of ether oxygens (including phenoxy) is 1. The van der Waals surface area contributed by atoms with Crippen LogP contribution in [0.1, 0.15) is 67.9 Å². The number of aryl methyl sites for hydroxylation is 1. The minimum atomic E-state index is -0.892. The number of nitrogens with zero attached hydrogens (tertiary/aromatic N) is 3. The quantitative estimate of drug-likeness (QED) is 0.149. The van der Waals surface area contributed by atoms with Crippen LogP contribution in [0, 0.1) is 6.92 Å². The standard InChI is InChI=1S/C24H32N6O6.2ClH/c1-5-27-23(32)20-19(22-28-13(4)35-30-22)21(36-29-20)15-10-14(12(2)3)17(31)11-18(15)34-24(33)16(26)8-6-7-9-25;;/h10-12,16,31H,5-9,25-26H2,1-4H3,(H,27,32);2*1H/t16-;;/m0../s1. The molecule has 1 aromatic carbocycles. The fourth-order valence-electron chi connectivity index (χ4n) is 3.60. The van der Waals surface area contributed by atoms with E-state index >= 15 is 0 Å². The predicted octanol–water partition coefficient (Wildman–Crippen LogP) is 3.48. The lowest BCUT2D eigenvalue weighted by Gasteiger charge is -2.16. The topological polar surface area (TPSA) is 193 Å². The highest BCUT2D eigenvalue weighted by atomic mass is 35.5. The Kier molecular flexibility index (Phi) is 12.7. The number of rotatable bonds is 11. The lowest BCUT2D eigenvalue weighted by atomic mass is 9.96. The third kappa shape index (κ3) is 7.44. The number of benzene rings is 1. The molecule has 1 atom stereocenters. The Morgan fingerprint density at radius 1 is 1.16 bits per heavy atom. The van der Waals surface area contributed by atoms with Crippen LogP contribution in [0.2, 0.25) is 0 Å². The van der Waals surface area contributed by atoms with Crippen LogP contribution in [0.25, 0.3) is 22.7 Å². The van der Waals surface area contributed by atoms with Crippen molar-refractivity contribution in [1.82, 2.24) is 20.6 Å². The third-order valence-corrected chi connectivity index (χ3v) is 5.47. The minimum absolute atomic E-state index is 0. The number of unbranched alkanes of at least 4 members (excludes halogenated alkanes) is 1. The van der Waals surface area contributed by atoms with Gasteiger partial charge in [0.15, 0.2) is 11.5 Å². The summed E-state index contributed by atoms with van der Waals surface area (Å²) < 4.78 is 16.3. The highest BCUT2D eigenvalue weighted by Crippen LogP contribution is 2.43. The Morgan fingerprint density at radius 2 is 1.87 bits per heavy atom. The number of halogens is 2. The van der Waals surface area contributed by atoms with Gasteiger partial charge in [-0.15, -0.1) is 24.8 Å². The summed E-state index contributed by atoms with van der Waals surface area (Å²) in [7, 11) is 0. The first-order valence-corrected chi connectivity index (χ1v) is 11.8. The largest absolute Gasteiger partial charge is 0.508 e. The molecule has 0 aliphatic rings. The number of phenolic OH excluding ortho intramolecular Hbond substituents is 1. The van der Waals surface area contributed by atoms with E-state index in [9.17, 15) is 14.7 Å². The molecular formula is C24H34Cl2N6O6. The zero-order valence-corrected chi connectivity index (χ0v) is 23.3. The third-order valence-electron chi connectivity index (χ3n) is 5.47. The van der Waals surface area contributed by atoms with Crippen LogP contribution < -0.4 is 21.5 Å². The number of amides is 1. The second-order valence-corrected chi connectivity index (χ2v) is 8.61. The van der Waals surface area contributed by atoms with E-state index in [2.05, 4.69) is 20.6 Å². The smallest absolute Gasteiger partial charge is 0.328 e. The molecule has 210 valence electrons. The van der Waals surface area contributed by atoms with Gasteiger partial charge in [0, 0.05) is 19.5 Å². The summed E-state index contributed by atoms with van der Waals surface area (Å²) in [5.41, 5.74) is 12.4. The Bertz CT molecular complexity index is 1230. The molecule has 1 amide bonds. The molecule has 0 fully saturated rings. The molecule has 3 aromatic rings. The molecule has 6 N–H and O–H groups in total. The first kappa shape index (κ1) is 32.8. The van der Waals surface area contributed by atoms with Crippen LogP contribution in [0.15, 0.2) is 21.2 Å². The van der Waals surface area contributed by atoms with Crippen LogP contribution >= 0.6 is 24.8 Å². The molecule has 0 saturated heterocycles. The molecule has 38 heavy (non-hydrogen) atoms. The van der Waals surface area contributed by atoms with E-state index in [0.29, 0.717) is 31.5 Å². The Hall–Kier alpha value is -3.19. The van der Waals surface area contributed by atoms with Gasteiger partial charge in [0.05, 0.1) is 5.56 Å². The number of phenols is 1. The minimum Gasteiger partial charge on any atom is -0.508 e. The SMILES string of the molecule is CCNC(=O)c1noc(-c2cc(C(C)C)c(O)cc2OC(=O)[C@@H](N)CCCCN)c1-c1noc(C)n1.Cl.Cl. The molecule has 2 aromatic heterocycles. The van der Waals surface area contributed by atoms with Crippen molar-refractivity contribution in [3.05, 3.63) is 29.3 Å². The van der Waals surface area contributed by atoms with Crippen molar-refractivity contribution in [1.29, 1.82) is 0 Å². The van der Waals surface area contributed by atoms with Crippen LogP contribution in [0.5, 0.6) is 11.5 Å². The zero-order chi connectivity index (χ0) is 26.4. The van der Waals surface area contributed by atoms with Crippen LogP contribution in [-0.4, -0.2) is 51.4 Å². The van der Waals surface area contributed by atoms with Crippen molar-refractivity contribution in [2.45, 2.75) is 58.9 Å². The average molecular weight is 573 g/mol. The molecular weight excluding hydrogens is 539 g/mol. The maximum absolute atomic E-state index is 12.8. The molecule has 3 rings (SSSR count). The van der Waals surface area contributed by atoms with E-state index in [1.54, 1.807) is 19.9 Å². The van der Waals surface area contributed by atoms with Crippen molar-refractivity contribution in [3.63, 3.8) is 0 Å². The van der Waals surface area contributed by atoms with Gasteiger partial charge in [-0.1, -0.05) is 30.6 Å². The molecule has 0 unspecified atom stereocenters. The number of aromatic hydroxyl groups is 1. The number of hydrogen-bond donors (Lipinski definition) is 4. The molecule has 0 bridgehead atoms. The van der Waals surface area contributed by atoms with E-state index in [4.69, 9.17) is 25.3 Å². The Labute approximate surface area is 232 Å². The highest BCUT2D eigenvalue weighted by molar-refractivity contribution is 6.01. The number of hydrogen-bond acceptors (Lipinski definition) is 11. The molecule has 0 radical (unpaired) electrons. The predicted molar refractivity (Wildman–Crippen MR) is 145 cm³/mol. The van der Waals surface area contributed by atoms with Gasteiger partial charge < -0.3 is 35.7 Å². The summed E-state index contributed by atoms with van der Waals surface area (Å²) in [5.74, 6) is -0.974. The molecule has 14 heteroatoms. The fraction of sp³-hybridized carbons (Fsp3) is 0.458. The number of carbonyl (C=O) groups excluding carboxylic acids is 2. The van der Waals surface area contributed by atoms with Gasteiger partial charge in [0.1, 0.15) is 23.1 Å². The lowest BCUT2D eigenvalue weighted by molar-refractivity contribution is -0.136. The fourth-order valence-corrected chi connectivity index (χ4v) is 3.60. The van der Waals surface area contributed by atoms with Crippen molar-refractivity contribution in [2.24, 2.45) is 11.5 Å². The second-order valence-electron chi connectivity index (χ2n) is 8.61. The van der Waals surface area contributed by atoms with E-state index in [1.807, 2.05) is 13.8 Å². The summed E-state index contributed by atoms with van der Waals surface area (Å²) in [6.45, 7) is 8.00. The van der Waals surface area contributed by atoms with Crippen molar-refractivity contribution >= 4 is 36.7 Å². The lowest BCUT2D eigenvalue weighted by Crippen LogP contribution is -2.34. The van der Waals surface area contributed by atoms with Gasteiger partial charge in [0.25, 0.3) is 5.91 Å². The molecule has 0 aliphatic heterocycles. The van der Waals surface area contributed by atoms with Crippen LogP contribution in [0.4, 0.5) is 0 Å². The average Bonchev–Trinajstić information content (AvgIpc) is 3.45. The maximum atomic E-state index is 12.8. The number of nitrogens with two attached hydrogens (primary N) is 2. The van der Waals surface area contributed by atoms with Crippen LogP contribution in [-0.2, 0) is 4.79 Å². The van der Waals surface area contributed by atoms with Gasteiger partial charge in [0.2, 0.25) is 11.7 Å². The number of carbonyl (C=O) groups is 2. The second kappa shape index (κ2) is 14.7. The first-order chi connectivity index (χ1) is 17.2. The summed E-state index contributed by atoms with van der Waals surface area (Å²) in [6.07, 6.45) is 1.78. The van der Waals surface area contributed by atoms with Gasteiger partial charge in [-0.2, -0.15) is 4.98 Å². The zero-order valence-electron chi connectivity index (χ0n) is 21.6. The van der Waals surface area contributed by atoms with Gasteiger partial charge in [-0.3, -0.25) is 4.79 Å². The van der Waals surface area contributed by atoms with E-state index in [1.165, 1.54) is 6.07 Å². The maximum Gasteiger partial charge on any atom is 0.328 e. The first-order valence-electron chi connectivity index (χ1n) is 11.8. The van der Waals surface area contributed by atoms with Gasteiger partial charge in [-0.25, -0.2) is 4.79 Å². The molecule has 0 saturated carbocycles. The molecule has 2 heterocycles. The molecule has 0 aliphatic carbocycles. The number of esters is 1. The van der Waals surface area contributed by atoms with Crippen LogP contribution in [0.3, 0.4) is 0 Å². The number of aromatic nitrogens is 3. The summed E-state index contributed by atoms with van der Waals surface area (Å²) in [4.78, 5) is 29.7. The summed E-state index contributed by atoms with van der Waals surface area (Å²) in [5, 5.41) is 21.2. The molecule has 12 nitrogen and oxygen atoms in total. The number of nitrogens with one attached hydrogen (secondary N) is 1. The van der Waals surface area contributed by atoms with E-state index in [0.717, 1.165) is 6.42 Å². The molecule has 0 spiro atoms. The van der Waals surface area contributed by atoms with E-state index in [-0.39, 0.29) is 76.5 Å². The normalized spacial score (nSPS) is 11.4. The van der Waals surface area contributed by atoms with Gasteiger partial charge in [-0.05, 0) is 43.9 Å². The van der Waals surface area contributed by atoms with Crippen molar-refractivity contribution in [3.8, 4) is 34.2 Å².